The molecule has 0 aliphatic carbocycles. The number of carboxylic acid groups (broad SMARTS) is 1. The fourth-order valence-corrected chi connectivity index (χ4v) is 4.17. The quantitative estimate of drug-likeness (QED) is 0.223. The van der Waals surface area contributed by atoms with Crippen LogP contribution in [0.5, 0.6) is 5.75 Å². The monoisotopic (exact) mass is 451 g/mol. The van der Waals surface area contributed by atoms with E-state index in [1.165, 1.54) is 50.7 Å². The molecule has 0 saturated heterocycles. The van der Waals surface area contributed by atoms with Crippen LogP contribution < -0.4 is 10.1 Å². The number of carboxylic acids is 1. The van der Waals surface area contributed by atoms with Crippen LogP contribution in [-0.4, -0.2) is 34.6 Å². The molecule has 1 rings (SSSR count). The number of carbonyl (C=O) groups is 2. The van der Waals surface area contributed by atoms with Crippen LogP contribution in [0.3, 0.4) is 0 Å². The second-order valence-electron chi connectivity index (χ2n) is 8.06. The van der Waals surface area contributed by atoms with Gasteiger partial charge in [0, 0.05) is 18.1 Å². The first-order valence-electron chi connectivity index (χ1n) is 11.9. The molecule has 1 unspecified atom stereocenters. The SMILES string of the molecule is CCC(C)SCCCCCCCCCCC(=O)Nc1ccccc1OCCCC(=O)O. The van der Waals surface area contributed by atoms with Crippen molar-refractivity contribution in [2.75, 3.05) is 17.7 Å². The van der Waals surface area contributed by atoms with Crippen molar-refractivity contribution >= 4 is 29.3 Å². The van der Waals surface area contributed by atoms with Gasteiger partial charge in [0.1, 0.15) is 5.75 Å². The fraction of sp³-hybridized carbons (Fsp3) is 0.680. The molecule has 0 fully saturated rings. The van der Waals surface area contributed by atoms with Gasteiger partial charge < -0.3 is 15.2 Å². The van der Waals surface area contributed by atoms with E-state index >= 15 is 0 Å². The molecule has 0 bridgehead atoms. The van der Waals surface area contributed by atoms with Crippen molar-refractivity contribution < 1.29 is 19.4 Å². The molecule has 5 nitrogen and oxygen atoms in total. The topological polar surface area (TPSA) is 75.6 Å². The second-order valence-corrected chi connectivity index (χ2v) is 9.60. The molecule has 1 amide bonds. The minimum absolute atomic E-state index is 0.000364. The minimum Gasteiger partial charge on any atom is -0.491 e. The number of hydrogen-bond donors (Lipinski definition) is 2. The molecule has 0 radical (unpaired) electrons. The van der Waals surface area contributed by atoms with Crippen LogP contribution in [-0.2, 0) is 9.59 Å². The van der Waals surface area contributed by atoms with Crippen LogP contribution in [0.1, 0.15) is 90.9 Å². The van der Waals surface area contributed by atoms with Crippen LogP contribution in [0.2, 0.25) is 0 Å². The molecule has 0 aromatic heterocycles. The van der Waals surface area contributed by atoms with Gasteiger partial charge in [0.2, 0.25) is 5.91 Å². The molecule has 176 valence electrons. The van der Waals surface area contributed by atoms with Crippen molar-refractivity contribution in [3.63, 3.8) is 0 Å². The second kappa shape index (κ2) is 17.9. The lowest BCUT2D eigenvalue weighted by Gasteiger charge is -2.12. The summed E-state index contributed by atoms with van der Waals surface area (Å²) in [6.45, 7) is 4.88. The Bertz CT molecular complexity index is 623. The molecule has 1 aromatic carbocycles. The Morgan fingerprint density at radius 2 is 1.61 bits per heavy atom. The van der Waals surface area contributed by atoms with E-state index in [0.29, 0.717) is 30.9 Å². The zero-order valence-corrected chi connectivity index (χ0v) is 20.2. The number of hydrogen-bond acceptors (Lipinski definition) is 4. The predicted molar refractivity (Wildman–Crippen MR) is 131 cm³/mol. The van der Waals surface area contributed by atoms with Crippen molar-refractivity contribution in [1.29, 1.82) is 0 Å². The number of thioether (sulfide) groups is 1. The van der Waals surface area contributed by atoms with Gasteiger partial charge in [-0.2, -0.15) is 11.8 Å². The van der Waals surface area contributed by atoms with Crippen molar-refractivity contribution in [1.82, 2.24) is 0 Å². The van der Waals surface area contributed by atoms with E-state index in [2.05, 4.69) is 30.9 Å². The standard InChI is InChI=1S/C25H41NO4S/c1-3-21(2)31-20-13-9-7-5-4-6-8-10-17-24(27)26-22-15-11-12-16-23(22)30-19-14-18-25(28)29/h11-12,15-16,21H,3-10,13-14,17-20H2,1-2H3,(H,26,27)(H,28,29). The molecule has 1 atom stereocenters. The van der Waals surface area contributed by atoms with E-state index in [9.17, 15) is 9.59 Å². The number of rotatable bonds is 19. The van der Waals surface area contributed by atoms with Gasteiger partial charge in [-0.05, 0) is 43.6 Å². The van der Waals surface area contributed by atoms with E-state index in [-0.39, 0.29) is 12.3 Å². The number of benzene rings is 1. The average molecular weight is 452 g/mol. The summed E-state index contributed by atoms with van der Waals surface area (Å²) < 4.78 is 5.63. The van der Waals surface area contributed by atoms with Gasteiger partial charge in [-0.15, -0.1) is 0 Å². The molecule has 0 aliphatic rings. The predicted octanol–water partition coefficient (Wildman–Crippen LogP) is 6.91. The number of unbranched alkanes of at least 4 members (excludes halogenated alkanes) is 7. The smallest absolute Gasteiger partial charge is 0.303 e. The summed E-state index contributed by atoms with van der Waals surface area (Å²) in [5, 5.41) is 12.4. The highest BCUT2D eigenvalue weighted by Gasteiger charge is 2.08. The van der Waals surface area contributed by atoms with Gasteiger partial charge in [-0.1, -0.05) is 64.5 Å². The maximum absolute atomic E-state index is 12.2. The number of ether oxygens (including phenoxy) is 1. The normalized spacial score (nSPS) is 11.8. The first-order chi connectivity index (χ1) is 15.0. The lowest BCUT2D eigenvalue weighted by Crippen LogP contribution is -2.12. The maximum atomic E-state index is 12.2. The highest BCUT2D eigenvalue weighted by atomic mass is 32.2. The zero-order valence-electron chi connectivity index (χ0n) is 19.4. The number of carbonyl (C=O) groups excluding carboxylic acids is 1. The Labute approximate surface area is 192 Å². The highest BCUT2D eigenvalue weighted by Crippen LogP contribution is 2.24. The Hall–Kier alpha value is -1.69. The van der Waals surface area contributed by atoms with Gasteiger partial charge in [0.25, 0.3) is 0 Å². The molecule has 2 N–H and O–H groups in total. The van der Waals surface area contributed by atoms with Crippen LogP contribution in [0.15, 0.2) is 24.3 Å². The third-order valence-electron chi connectivity index (χ3n) is 5.23. The van der Waals surface area contributed by atoms with Gasteiger partial charge in [0.05, 0.1) is 12.3 Å². The van der Waals surface area contributed by atoms with Crippen LogP contribution in [0.4, 0.5) is 5.69 Å². The molecule has 0 aliphatic heterocycles. The summed E-state index contributed by atoms with van der Waals surface area (Å²) in [5.41, 5.74) is 0.648. The Balaban J connectivity index is 2.07. The Morgan fingerprint density at radius 3 is 2.29 bits per heavy atom. The van der Waals surface area contributed by atoms with Gasteiger partial charge >= 0.3 is 5.97 Å². The molecular weight excluding hydrogens is 410 g/mol. The number of para-hydroxylation sites is 2. The van der Waals surface area contributed by atoms with E-state index in [0.717, 1.165) is 18.1 Å². The third kappa shape index (κ3) is 14.9. The van der Waals surface area contributed by atoms with Crippen LogP contribution in [0, 0.1) is 0 Å². The van der Waals surface area contributed by atoms with Crippen LogP contribution >= 0.6 is 11.8 Å². The molecule has 0 saturated carbocycles. The zero-order chi connectivity index (χ0) is 22.7. The van der Waals surface area contributed by atoms with Crippen molar-refractivity contribution in [2.45, 2.75) is 96.1 Å². The van der Waals surface area contributed by atoms with Crippen molar-refractivity contribution in [3.8, 4) is 5.75 Å². The Kier molecular flexibility index (Phi) is 15.8. The first-order valence-corrected chi connectivity index (χ1v) is 12.9. The number of amides is 1. The summed E-state index contributed by atoms with van der Waals surface area (Å²) >= 11 is 2.09. The van der Waals surface area contributed by atoms with E-state index in [1.807, 2.05) is 18.2 Å². The first kappa shape index (κ1) is 27.3. The van der Waals surface area contributed by atoms with E-state index < -0.39 is 5.97 Å². The van der Waals surface area contributed by atoms with Gasteiger partial charge in [-0.3, -0.25) is 9.59 Å². The lowest BCUT2D eigenvalue weighted by molar-refractivity contribution is -0.137. The summed E-state index contributed by atoms with van der Waals surface area (Å²) in [5.74, 6) is 1.05. The van der Waals surface area contributed by atoms with Gasteiger partial charge in [0.15, 0.2) is 0 Å². The highest BCUT2D eigenvalue weighted by molar-refractivity contribution is 7.99. The van der Waals surface area contributed by atoms with Crippen molar-refractivity contribution in [2.24, 2.45) is 0 Å². The summed E-state index contributed by atoms with van der Waals surface area (Å²) in [4.78, 5) is 22.8. The minimum atomic E-state index is -0.832. The fourth-order valence-electron chi connectivity index (χ4n) is 3.16. The maximum Gasteiger partial charge on any atom is 0.303 e. The summed E-state index contributed by atoms with van der Waals surface area (Å²) in [6.07, 6.45) is 12.0. The summed E-state index contributed by atoms with van der Waals surface area (Å²) in [6, 6.07) is 7.29. The lowest BCUT2D eigenvalue weighted by atomic mass is 10.1. The number of nitrogens with one attached hydrogen (secondary N) is 1. The molecule has 0 spiro atoms. The molecular formula is C25H41NO4S. The third-order valence-corrected chi connectivity index (χ3v) is 6.66. The van der Waals surface area contributed by atoms with Crippen molar-refractivity contribution in [3.05, 3.63) is 24.3 Å². The largest absolute Gasteiger partial charge is 0.491 e. The van der Waals surface area contributed by atoms with Crippen LogP contribution in [0.25, 0.3) is 0 Å². The van der Waals surface area contributed by atoms with E-state index in [4.69, 9.17) is 9.84 Å². The van der Waals surface area contributed by atoms with E-state index in [1.54, 1.807) is 6.07 Å². The Morgan fingerprint density at radius 1 is 0.968 bits per heavy atom. The molecule has 6 heteroatoms. The number of anilines is 1. The molecule has 1 aromatic rings. The molecule has 0 heterocycles. The van der Waals surface area contributed by atoms with Gasteiger partial charge in [-0.25, -0.2) is 0 Å². The summed E-state index contributed by atoms with van der Waals surface area (Å²) in [7, 11) is 0. The average Bonchev–Trinajstić information content (AvgIpc) is 2.75. The molecule has 31 heavy (non-hydrogen) atoms. The number of aliphatic carboxylic acids is 1.